The molecule has 1 fully saturated rings. The van der Waals surface area contributed by atoms with Crippen molar-refractivity contribution in [1.29, 1.82) is 0 Å². The minimum atomic E-state index is -0.815. The summed E-state index contributed by atoms with van der Waals surface area (Å²) < 4.78 is 0. The summed E-state index contributed by atoms with van der Waals surface area (Å²) in [6.45, 7) is 4.91. The van der Waals surface area contributed by atoms with E-state index in [0.717, 1.165) is 11.3 Å². The molecule has 1 unspecified atom stereocenters. The number of rotatable bonds is 3. The standard InChI is InChI=1S/C14H20N2O3S/c1-9-5-6-12(20-9)10(2)15-14(19)16-7-3-4-11(8-16)13(17)18/h5-6,10-11H,3-4,7-8H2,1-2H3,(H,15,19)(H,17,18)/t10?,11-/m0/s1. The Kier molecular flexibility index (Phi) is 4.65. The second-order valence-electron chi connectivity index (χ2n) is 5.24. The van der Waals surface area contributed by atoms with Crippen LogP contribution in [0.2, 0.25) is 0 Å². The van der Waals surface area contributed by atoms with Gasteiger partial charge in [0.2, 0.25) is 0 Å². The minimum Gasteiger partial charge on any atom is -0.481 e. The van der Waals surface area contributed by atoms with Gasteiger partial charge in [-0.1, -0.05) is 0 Å². The van der Waals surface area contributed by atoms with Crippen LogP contribution in [0.1, 0.15) is 35.6 Å². The van der Waals surface area contributed by atoms with E-state index in [9.17, 15) is 9.59 Å². The highest BCUT2D eigenvalue weighted by atomic mass is 32.1. The fraction of sp³-hybridized carbons (Fsp3) is 0.571. The number of amides is 2. The molecule has 6 heteroatoms. The summed E-state index contributed by atoms with van der Waals surface area (Å²) in [5, 5.41) is 12.0. The monoisotopic (exact) mass is 296 g/mol. The van der Waals surface area contributed by atoms with Crippen molar-refractivity contribution in [1.82, 2.24) is 10.2 Å². The number of urea groups is 1. The number of likely N-dealkylation sites (tertiary alicyclic amines) is 1. The molecule has 5 nitrogen and oxygen atoms in total. The Balaban J connectivity index is 1.92. The molecule has 2 heterocycles. The Morgan fingerprint density at radius 1 is 1.50 bits per heavy atom. The van der Waals surface area contributed by atoms with Crippen molar-refractivity contribution in [2.75, 3.05) is 13.1 Å². The van der Waals surface area contributed by atoms with Crippen molar-refractivity contribution in [2.24, 2.45) is 5.92 Å². The molecule has 1 aliphatic rings. The number of aryl methyl sites for hydroxylation is 1. The average Bonchev–Trinajstić information content (AvgIpc) is 2.85. The van der Waals surface area contributed by atoms with Crippen LogP contribution < -0.4 is 5.32 Å². The molecule has 1 aliphatic heterocycles. The second kappa shape index (κ2) is 6.26. The van der Waals surface area contributed by atoms with Crippen molar-refractivity contribution >= 4 is 23.3 Å². The highest BCUT2D eigenvalue weighted by molar-refractivity contribution is 7.12. The van der Waals surface area contributed by atoms with Gasteiger partial charge >= 0.3 is 12.0 Å². The van der Waals surface area contributed by atoms with Gasteiger partial charge in [0.15, 0.2) is 0 Å². The number of nitrogens with zero attached hydrogens (tertiary/aromatic N) is 1. The van der Waals surface area contributed by atoms with Crippen LogP contribution in [0.3, 0.4) is 0 Å². The number of hydrogen-bond donors (Lipinski definition) is 2. The molecule has 2 rings (SSSR count). The number of aliphatic carboxylic acids is 1. The molecule has 110 valence electrons. The Morgan fingerprint density at radius 2 is 2.25 bits per heavy atom. The van der Waals surface area contributed by atoms with E-state index in [2.05, 4.69) is 5.32 Å². The maximum absolute atomic E-state index is 12.2. The molecule has 2 amide bonds. The van der Waals surface area contributed by atoms with Gasteiger partial charge in [0.25, 0.3) is 0 Å². The van der Waals surface area contributed by atoms with Gasteiger partial charge in [0.1, 0.15) is 0 Å². The maximum atomic E-state index is 12.2. The van der Waals surface area contributed by atoms with E-state index in [4.69, 9.17) is 5.11 Å². The third-order valence-electron chi connectivity index (χ3n) is 3.59. The lowest BCUT2D eigenvalue weighted by atomic mass is 9.99. The third-order valence-corrected chi connectivity index (χ3v) is 4.77. The molecule has 1 aromatic heterocycles. The van der Waals surface area contributed by atoms with Crippen LogP contribution in [0.5, 0.6) is 0 Å². The van der Waals surface area contributed by atoms with Gasteiger partial charge in [0.05, 0.1) is 12.0 Å². The van der Waals surface area contributed by atoms with Gasteiger partial charge in [-0.05, 0) is 38.8 Å². The molecule has 0 bridgehead atoms. The molecule has 2 atom stereocenters. The summed E-state index contributed by atoms with van der Waals surface area (Å²) in [5.74, 6) is -1.25. The first kappa shape index (κ1) is 14.8. The van der Waals surface area contributed by atoms with E-state index in [0.29, 0.717) is 19.5 Å². The lowest BCUT2D eigenvalue weighted by Gasteiger charge is -2.31. The number of thiophene rings is 1. The summed E-state index contributed by atoms with van der Waals surface area (Å²) in [6, 6.07) is 3.83. The van der Waals surface area contributed by atoms with Gasteiger partial charge in [0, 0.05) is 22.8 Å². The number of hydrogen-bond acceptors (Lipinski definition) is 3. The molecule has 0 aromatic carbocycles. The van der Waals surface area contributed by atoms with E-state index >= 15 is 0 Å². The maximum Gasteiger partial charge on any atom is 0.317 e. The number of carboxylic acid groups (broad SMARTS) is 1. The number of carboxylic acids is 1. The molecule has 1 saturated heterocycles. The zero-order valence-corrected chi connectivity index (χ0v) is 12.6. The van der Waals surface area contributed by atoms with E-state index in [1.807, 2.05) is 26.0 Å². The Labute approximate surface area is 122 Å². The first-order valence-electron chi connectivity index (χ1n) is 6.82. The molecule has 20 heavy (non-hydrogen) atoms. The average molecular weight is 296 g/mol. The van der Waals surface area contributed by atoms with Gasteiger partial charge < -0.3 is 15.3 Å². The van der Waals surface area contributed by atoms with Crippen LogP contribution in [0.4, 0.5) is 4.79 Å². The number of piperidine rings is 1. The number of nitrogens with one attached hydrogen (secondary N) is 1. The zero-order valence-electron chi connectivity index (χ0n) is 11.8. The van der Waals surface area contributed by atoms with E-state index in [-0.39, 0.29) is 12.1 Å². The summed E-state index contributed by atoms with van der Waals surface area (Å²) >= 11 is 1.66. The van der Waals surface area contributed by atoms with E-state index in [1.54, 1.807) is 16.2 Å². The van der Waals surface area contributed by atoms with Crippen LogP contribution >= 0.6 is 11.3 Å². The van der Waals surface area contributed by atoms with Gasteiger partial charge in [-0.2, -0.15) is 0 Å². The molecular weight excluding hydrogens is 276 g/mol. The lowest BCUT2D eigenvalue weighted by molar-refractivity contribution is -0.143. The lowest BCUT2D eigenvalue weighted by Crippen LogP contribution is -2.47. The predicted octanol–water partition coefficient (Wildman–Crippen LogP) is 2.62. The predicted molar refractivity (Wildman–Crippen MR) is 77.9 cm³/mol. The molecule has 0 saturated carbocycles. The third kappa shape index (κ3) is 3.50. The number of carbonyl (C=O) groups is 2. The quantitative estimate of drug-likeness (QED) is 0.901. The Hall–Kier alpha value is -1.56. The molecule has 0 radical (unpaired) electrons. The van der Waals surface area contributed by atoms with Crippen molar-refractivity contribution < 1.29 is 14.7 Å². The fourth-order valence-corrected chi connectivity index (χ4v) is 3.28. The highest BCUT2D eigenvalue weighted by Crippen LogP contribution is 2.23. The van der Waals surface area contributed by atoms with Crippen LogP contribution in [0.15, 0.2) is 12.1 Å². The number of carbonyl (C=O) groups excluding carboxylic acids is 1. The van der Waals surface area contributed by atoms with Gasteiger partial charge in [-0.25, -0.2) is 4.79 Å². The Morgan fingerprint density at radius 3 is 2.85 bits per heavy atom. The molecular formula is C14H20N2O3S. The molecule has 2 N–H and O–H groups in total. The van der Waals surface area contributed by atoms with Crippen molar-refractivity contribution in [3.05, 3.63) is 21.9 Å². The first-order chi connectivity index (χ1) is 9.47. The fourth-order valence-electron chi connectivity index (χ4n) is 2.40. The smallest absolute Gasteiger partial charge is 0.317 e. The summed E-state index contributed by atoms with van der Waals surface area (Å²) in [5.41, 5.74) is 0. The van der Waals surface area contributed by atoms with Crippen LogP contribution in [-0.2, 0) is 4.79 Å². The summed E-state index contributed by atoms with van der Waals surface area (Å²) in [6.07, 6.45) is 1.40. The minimum absolute atomic E-state index is 0.0496. The Bertz CT molecular complexity index is 500. The van der Waals surface area contributed by atoms with Crippen molar-refractivity contribution in [3.63, 3.8) is 0 Å². The normalized spacial score (nSPS) is 20.5. The van der Waals surface area contributed by atoms with Crippen molar-refractivity contribution in [2.45, 2.75) is 32.7 Å². The van der Waals surface area contributed by atoms with Crippen LogP contribution in [-0.4, -0.2) is 35.1 Å². The molecule has 0 spiro atoms. The molecule has 1 aromatic rings. The first-order valence-corrected chi connectivity index (χ1v) is 7.63. The van der Waals surface area contributed by atoms with Gasteiger partial charge in [-0.3, -0.25) is 4.79 Å². The van der Waals surface area contributed by atoms with Gasteiger partial charge in [-0.15, -0.1) is 11.3 Å². The SMILES string of the molecule is Cc1ccc(C(C)NC(=O)N2CCC[C@H](C(=O)O)C2)s1. The highest BCUT2D eigenvalue weighted by Gasteiger charge is 2.28. The van der Waals surface area contributed by atoms with Crippen molar-refractivity contribution in [3.8, 4) is 0 Å². The topological polar surface area (TPSA) is 69.6 Å². The van der Waals surface area contributed by atoms with E-state index < -0.39 is 11.9 Å². The van der Waals surface area contributed by atoms with Crippen LogP contribution in [0.25, 0.3) is 0 Å². The second-order valence-corrected chi connectivity index (χ2v) is 6.56. The summed E-state index contributed by atoms with van der Waals surface area (Å²) in [4.78, 5) is 27.1. The van der Waals surface area contributed by atoms with Crippen LogP contribution in [0, 0.1) is 12.8 Å². The zero-order chi connectivity index (χ0) is 14.7. The largest absolute Gasteiger partial charge is 0.481 e. The summed E-state index contributed by atoms with van der Waals surface area (Å²) in [7, 11) is 0. The molecule has 0 aliphatic carbocycles. The van der Waals surface area contributed by atoms with E-state index in [1.165, 1.54) is 4.88 Å².